The third kappa shape index (κ3) is 4.29. The van der Waals surface area contributed by atoms with E-state index in [-0.39, 0.29) is 19.3 Å². The fourth-order valence-corrected chi connectivity index (χ4v) is 7.33. The van der Waals surface area contributed by atoms with E-state index in [1.165, 1.54) is 0 Å². The van der Waals surface area contributed by atoms with Gasteiger partial charge in [0.25, 0.3) is 11.3 Å². The molecule has 0 N–H and O–H groups in total. The van der Waals surface area contributed by atoms with Crippen molar-refractivity contribution in [3.05, 3.63) is 0 Å². The van der Waals surface area contributed by atoms with Crippen molar-refractivity contribution in [3.8, 4) is 0 Å². The quantitative estimate of drug-likeness (QED) is 0.138. The van der Waals surface area contributed by atoms with Gasteiger partial charge in [-0.2, -0.15) is 70.2 Å². The summed E-state index contributed by atoms with van der Waals surface area (Å²) in [5, 5.41) is 0. The molecule has 0 nitrogen and oxygen atoms in total. The lowest BCUT2D eigenvalue weighted by molar-refractivity contribution is -0.562. The zero-order valence-corrected chi connectivity index (χ0v) is 25.0. The molecule has 5 atom stereocenters. The molecule has 0 amide bonds. The largest absolute Gasteiger partial charge is 0.382 e. The fraction of sp³-hybridized carbons (Fsp3) is 1.00. The van der Waals surface area contributed by atoms with Gasteiger partial charge in [-0.25, -0.2) is 17.6 Å². The predicted octanol–water partition coefficient (Wildman–Crippen LogP) is 12.0. The summed E-state index contributed by atoms with van der Waals surface area (Å²) >= 11 is 0. The van der Waals surface area contributed by atoms with Crippen molar-refractivity contribution in [1.29, 1.82) is 0 Å². The van der Waals surface area contributed by atoms with Crippen LogP contribution in [0, 0.1) is 5.92 Å². The van der Waals surface area contributed by atoms with Crippen LogP contribution in [-0.4, -0.2) is 70.1 Å². The Kier molecular flexibility index (Phi) is 10.1. The minimum absolute atomic E-state index is 0.0691. The van der Waals surface area contributed by atoms with Crippen molar-refractivity contribution in [2.75, 3.05) is 0 Å². The Labute approximate surface area is 261 Å². The van der Waals surface area contributed by atoms with E-state index in [1.54, 1.807) is 0 Å². The molecule has 0 bridgehead atoms. The summed E-state index contributed by atoms with van der Waals surface area (Å²) in [4.78, 5) is 0. The van der Waals surface area contributed by atoms with E-state index in [2.05, 4.69) is 0 Å². The number of hydrogen-bond acceptors (Lipinski definition) is 0. The molecule has 20 heteroatoms. The van der Waals surface area contributed by atoms with E-state index in [9.17, 15) is 43.9 Å². The molecule has 0 heterocycles. The lowest BCUT2D eigenvalue weighted by Crippen LogP contribution is -3.00. The number of rotatable bonds is 12. The van der Waals surface area contributed by atoms with Crippen molar-refractivity contribution in [2.24, 2.45) is 5.92 Å². The van der Waals surface area contributed by atoms with Crippen LogP contribution in [0.25, 0.3) is 0 Å². The minimum atomic E-state index is -9.00. The Morgan fingerprint density at radius 3 is 1.27 bits per heavy atom. The molecule has 0 aromatic heterocycles. The standard InChI is InChI=1S/C28H32F20/c1-2-3-4-5-6-7-8-9-10-13-16-14-11-12-15-17(16,29)21(33,34)20(32)22(35,36)18(30)19(31,23(37,38)26(20,43)44)25(41,42)28(47,48)27(45,46)24(18,39)40/h16H,2-15H2,1H3. The van der Waals surface area contributed by atoms with Crippen LogP contribution in [0.4, 0.5) is 87.8 Å². The first-order chi connectivity index (χ1) is 21.4. The van der Waals surface area contributed by atoms with Crippen LogP contribution < -0.4 is 0 Å². The normalized spacial score (nSPS) is 39.1. The average Bonchev–Trinajstić information content (AvgIpc) is 2.97. The lowest BCUT2D eigenvalue weighted by atomic mass is 9.49. The van der Waals surface area contributed by atoms with Crippen molar-refractivity contribution >= 4 is 0 Å². The maximum atomic E-state index is 16.3. The van der Waals surface area contributed by atoms with Gasteiger partial charge in [-0.1, -0.05) is 77.6 Å². The molecule has 48 heavy (non-hydrogen) atoms. The van der Waals surface area contributed by atoms with Crippen LogP contribution in [0.1, 0.15) is 96.8 Å². The molecule has 3 fully saturated rings. The zero-order chi connectivity index (χ0) is 37.5. The smallest absolute Gasteiger partial charge is 0.237 e. The zero-order valence-electron chi connectivity index (χ0n) is 25.0. The van der Waals surface area contributed by atoms with Gasteiger partial charge >= 0.3 is 53.0 Å². The van der Waals surface area contributed by atoms with Gasteiger partial charge in [0.2, 0.25) is 0 Å². The summed E-state index contributed by atoms with van der Waals surface area (Å²) in [5.74, 6) is -70.9. The van der Waals surface area contributed by atoms with Crippen LogP contribution in [0.3, 0.4) is 0 Å². The van der Waals surface area contributed by atoms with Crippen molar-refractivity contribution in [2.45, 2.75) is 167 Å². The summed E-state index contributed by atoms with van der Waals surface area (Å²) < 4.78 is 300. The first kappa shape index (κ1) is 41.0. The number of unbranched alkanes of at least 4 members (excludes halogenated alkanes) is 8. The van der Waals surface area contributed by atoms with E-state index < -0.39 is 102 Å². The summed E-state index contributed by atoms with van der Waals surface area (Å²) in [7, 11) is 0. The highest BCUT2D eigenvalue weighted by Gasteiger charge is 3.16. The SMILES string of the molecule is CCCCCCCCCCCC1CCCCC1(F)C(F)(F)C1(F)C(F)(F)C(F)(F)C2(F)C(F)(F)C(F)(F)C(F)(F)C(F)(F)C2(F)C1(F)F. The minimum Gasteiger partial charge on any atom is -0.237 e. The number of halogens is 20. The van der Waals surface area contributed by atoms with Crippen molar-refractivity contribution in [1.82, 2.24) is 0 Å². The second-order valence-electron chi connectivity index (χ2n) is 13.0. The second-order valence-corrected chi connectivity index (χ2v) is 13.0. The first-order valence-corrected chi connectivity index (χ1v) is 15.2. The highest BCUT2D eigenvalue weighted by Crippen LogP contribution is 2.83. The lowest BCUT2D eigenvalue weighted by Gasteiger charge is -2.66. The summed E-state index contributed by atoms with van der Waals surface area (Å²) in [6.45, 7) is 1.94. The molecule has 0 spiro atoms. The second kappa shape index (κ2) is 11.8. The monoisotopic (exact) mass is 748 g/mol. The Balaban J connectivity index is 2.18. The van der Waals surface area contributed by atoms with Gasteiger partial charge < -0.3 is 0 Å². The van der Waals surface area contributed by atoms with Gasteiger partial charge in [-0.3, -0.25) is 0 Å². The van der Waals surface area contributed by atoms with E-state index in [0.29, 0.717) is 19.3 Å². The Bertz CT molecular complexity index is 1170. The average molecular weight is 749 g/mol. The van der Waals surface area contributed by atoms with Gasteiger partial charge in [0.05, 0.1) is 0 Å². The third-order valence-corrected chi connectivity index (χ3v) is 10.2. The van der Waals surface area contributed by atoms with Crippen molar-refractivity contribution in [3.63, 3.8) is 0 Å². The van der Waals surface area contributed by atoms with Gasteiger partial charge in [-0.05, 0) is 25.2 Å². The van der Waals surface area contributed by atoms with Crippen molar-refractivity contribution < 1.29 is 87.8 Å². The maximum absolute atomic E-state index is 16.3. The molecule has 0 radical (unpaired) electrons. The molecule has 5 unspecified atom stereocenters. The maximum Gasteiger partial charge on any atom is 0.382 e. The molecule has 0 aromatic carbocycles. The van der Waals surface area contributed by atoms with Crippen LogP contribution in [0.2, 0.25) is 0 Å². The van der Waals surface area contributed by atoms with Gasteiger partial charge in [0.15, 0.2) is 5.67 Å². The molecular weight excluding hydrogens is 716 g/mol. The molecule has 3 saturated carbocycles. The molecule has 3 rings (SSSR count). The first-order valence-electron chi connectivity index (χ1n) is 15.2. The molecule has 0 saturated heterocycles. The predicted molar refractivity (Wildman–Crippen MR) is 129 cm³/mol. The van der Waals surface area contributed by atoms with E-state index in [0.717, 1.165) is 25.7 Å². The van der Waals surface area contributed by atoms with Crippen LogP contribution in [0.5, 0.6) is 0 Å². The van der Waals surface area contributed by atoms with Crippen LogP contribution in [0.15, 0.2) is 0 Å². The highest BCUT2D eigenvalue weighted by atomic mass is 19.4. The van der Waals surface area contributed by atoms with Gasteiger partial charge in [-0.15, -0.1) is 0 Å². The molecule has 0 aliphatic heterocycles. The Morgan fingerprint density at radius 1 is 0.458 bits per heavy atom. The number of alkyl halides is 20. The van der Waals surface area contributed by atoms with E-state index in [4.69, 9.17) is 0 Å². The van der Waals surface area contributed by atoms with Gasteiger partial charge in [0, 0.05) is 0 Å². The Hall–Kier alpha value is -1.40. The topological polar surface area (TPSA) is 0 Å². The summed E-state index contributed by atoms with van der Waals surface area (Å²) in [5.41, 5.74) is -31.7. The summed E-state index contributed by atoms with van der Waals surface area (Å²) in [6, 6.07) is 0. The molecule has 3 aliphatic carbocycles. The van der Waals surface area contributed by atoms with E-state index >= 15 is 43.9 Å². The molecule has 3 aliphatic rings. The Morgan fingerprint density at radius 2 is 0.833 bits per heavy atom. The molecular formula is C28H32F20. The third-order valence-electron chi connectivity index (χ3n) is 10.2. The molecule has 284 valence electrons. The number of hydrogen-bond donors (Lipinski definition) is 0. The van der Waals surface area contributed by atoms with Crippen LogP contribution in [-0.2, 0) is 0 Å². The van der Waals surface area contributed by atoms with Crippen LogP contribution >= 0.6 is 0 Å². The fourth-order valence-electron chi connectivity index (χ4n) is 7.33. The summed E-state index contributed by atoms with van der Waals surface area (Å²) in [6.07, 6.45) is -0.254. The number of fused-ring (bicyclic) bond motifs is 1. The molecule has 0 aromatic rings. The van der Waals surface area contributed by atoms with Gasteiger partial charge in [0.1, 0.15) is 0 Å². The van der Waals surface area contributed by atoms with E-state index in [1.807, 2.05) is 6.92 Å². The highest BCUT2D eigenvalue weighted by molar-refractivity contribution is 5.46.